The van der Waals surface area contributed by atoms with Crippen molar-refractivity contribution in [1.82, 2.24) is 20.2 Å². The predicted molar refractivity (Wildman–Crippen MR) is 99.8 cm³/mol. The summed E-state index contributed by atoms with van der Waals surface area (Å²) in [6, 6.07) is 11.5. The van der Waals surface area contributed by atoms with E-state index >= 15 is 0 Å². The average Bonchev–Trinajstić information content (AvgIpc) is 3.11. The van der Waals surface area contributed by atoms with E-state index in [0.717, 1.165) is 11.3 Å². The molecule has 0 unspecified atom stereocenters. The Bertz CT molecular complexity index is 1010. The fourth-order valence-corrected chi connectivity index (χ4v) is 3.33. The van der Waals surface area contributed by atoms with Crippen LogP contribution in [0.5, 0.6) is 5.75 Å². The van der Waals surface area contributed by atoms with Crippen LogP contribution in [0.1, 0.15) is 17.2 Å². The third-order valence-electron chi connectivity index (χ3n) is 3.99. The summed E-state index contributed by atoms with van der Waals surface area (Å²) in [6.07, 6.45) is 1.84. The Hall–Kier alpha value is -2.52. The van der Waals surface area contributed by atoms with Crippen molar-refractivity contribution < 1.29 is 13.5 Å². The van der Waals surface area contributed by atoms with Crippen LogP contribution in [-0.2, 0) is 0 Å². The van der Waals surface area contributed by atoms with Crippen molar-refractivity contribution in [2.45, 2.75) is 12.7 Å². The topological polar surface area (TPSA) is 64.9 Å². The van der Waals surface area contributed by atoms with Gasteiger partial charge in [0.1, 0.15) is 11.8 Å². The van der Waals surface area contributed by atoms with Crippen LogP contribution in [-0.4, -0.2) is 26.8 Å². The van der Waals surface area contributed by atoms with Crippen LogP contribution >= 0.6 is 27.5 Å². The van der Waals surface area contributed by atoms with E-state index in [-0.39, 0.29) is 5.75 Å². The quantitative estimate of drug-likeness (QED) is 0.616. The molecule has 3 aromatic rings. The van der Waals surface area contributed by atoms with Gasteiger partial charge in [-0.3, -0.25) is 0 Å². The van der Waals surface area contributed by atoms with E-state index in [2.05, 4.69) is 36.8 Å². The predicted octanol–water partition coefficient (Wildman–Crippen LogP) is 4.75. The van der Waals surface area contributed by atoms with Gasteiger partial charge in [0, 0.05) is 20.8 Å². The van der Waals surface area contributed by atoms with E-state index in [4.69, 9.17) is 16.3 Å². The summed E-state index contributed by atoms with van der Waals surface area (Å²) in [5, 5.41) is 15.4. The van der Waals surface area contributed by atoms with Crippen molar-refractivity contribution in [2.75, 3.05) is 5.32 Å². The van der Waals surface area contributed by atoms with Gasteiger partial charge in [-0.15, -0.1) is 0 Å². The summed E-state index contributed by atoms with van der Waals surface area (Å²) in [5.41, 5.74) is 2.07. The van der Waals surface area contributed by atoms with Gasteiger partial charge in [-0.2, -0.15) is 13.5 Å². The van der Waals surface area contributed by atoms with Gasteiger partial charge in [0.15, 0.2) is 0 Å². The largest absolute Gasteiger partial charge is 0.434 e. The number of anilines is 1. The lowest BCUT2D eigenvalue weighted by molar-refractivity contribution is -0.0506. The second-order valence-corrected chi connectivity index (χ2v) is 7.02. The average molecular weight is 455 g/mol. The van der Waals surface area contributed by atoms with Crippen molar-refractivity contribution in [1.29, 1.82) is 0 Å². The zero-order chi connectivity index (χ0) is 19.0. The highest BCUT2D eigenvalue weighted by molar-refractivity contribution is 9.10. The molecule has 0 amide bonds. The number of nitrogens with one attached hydrogen (secondary N) is 1. The lowest BCUT2D eigenvalue weighted by Crippen LogP contribution is -2.21. The molecule has 0 saturated heterocycles. The lowest BCUT2D eigenvalue weighted by Gasteiger charge is -2.25. The van der Waals surface area contributed by atoms with E-state index in [1.165, 1.54) is 10.7 Å². The minimum Gasteiger partial charge on any atom is -0.434 e. The van der Waals surface area contributed by atoms with E-state index in [9.17, 15) is 8.78 Å². The summed E-state index contributed by atoms with van der Waals surface area (Å²) in [6.45, 7) is -2.94. The number of ether oxygens (including phenoxy) is 1. The molecule has 0 bridgehead atoms. The van der Waals surface area contributed by atoms with Gasteiger partial charge in [-0.05, 0) is 52.4 Å². The standard InChI is InChI=1S/C17H11BrClF2N5O/c18-10-3-6-15(27-16(20)21)12(7-10)14-8-13(9-1-4-11(19)5-2-9)22-17-23-24-25-26(14)17/h1-8,14,16H,(H,22,23,25)/t14-/m0/s1. The van der Waals surface area contributed by atoms with E-state index in [1.807, 2.05) is 18.2 Å². The molecule has 138 valence electrons. The molecule has 4 rings (SSSR count). The third-order valence-corrected chi connectivity index (χ3v) is 4.73. The first kappa shape index (κ1) is 17.9. The highest BCUT2D eigenvalue weighted by atomic mass is 79.9. The summed E-state index contributed by atoms with van der Waals surface area (Å²) in [7, 11) is 0. The molecule has 1 atom stereocenters. The summed E-state index contributed by atoms with van der Waals surface area (Å²) in [5.74, 6) is 0.434. The van der Waals surface area contributed by atoms with Gasteiger partial charge in [-0.25, -0.2) is 0 Å². The van der Waals surface area contributed by atoms with Crippen molar-refractivity contribution in [3.8, 4) is 5.75 Å². The van der Waals surface area contributed by atoms with E-state index < -0.39 is 12.7 Å². The maximum Gasteiger partial charge on any atom is 0.387 e. The lowest BCUT2D eigenvalue weighted by atomic mass is 10.0. The SMILES string of the molecule is FC(F)Oc1ccc(Br)cc1[C@@H]1C=C(c2ccc(Cl)cc2)Nc2nnnn21. The Morgan fingerprint density at radius 2 is 1.96 bits per heavy atom. The molecule has 0 radical (unpaired) electrons. The molecule has 0 saturated carbocycles. The molecule has 2 aromatic carbocycles. The van der Waals surface area contributed by atoms with Gasteiger partial charge in [0.25, 0.3) is 0 Å². The van der Waals surface area contributed by atoms with Crippen LogP contribution in [0.25, 0.3) is 5.70 Å². The number of nitrogens with zero attached hydrogens (tertiary/aromatic N) is 4. The number of benzene rings is 2. The maximum atomic E-state index is 12.9. The van der Waals surface area contributed by atoms with Crippen LogP contribution < -0.4 is 10.1 Å². The van der Waals surface area contributed by atoms with Crippen LogP contribution in [0.3, 0.4) is 0 Å². The molecule has 0 fully saturated rings. The number of fused-ring (bicyclic) bond motifs is 1. The highest BCUT2D eigenvalue weighted by Gasteiger charge is 2.27. The zero-order valence-electron chi connectivity index (χ0n) is 13.5. The van der Waals surface area contributed by atoms with Crippen molar-refractivity contribution in [3.05, 3.63) is 69.2 Å². The molecule has 2 heterocycles. The minimum absolute atomic E-state index is 0.0493. The van der Waals surface area contributed by atoms with Gasteiger partial charge in [0.05, 0.1) is 0 Å². The zero-order valence-corrected chi connectivity index (χ0v) is 15.8. The van der Waals surface area contributed by atoms with Crippen LogP contribution in [0, 0.1) is 0 Å². The normalized spacial score (nSPS) is 15.9. The molecule has 0 spiro atoms. The van der Waals surface area contributed by atoms with Gasteiger partial charge in [-0.1, -0.05) is 44.8 Å². The summed E-state index contributed by atoms with van der Waals surface area (Å²) >= 11 is 9.33. The first-order valence-corrected chi connectivity index (χ1v) is 8.95. The maximum absolute atomic E-state index is 12.9. The fraction of sp³-hybridized carbons (Fsp3) is 0.118. The summed E-state index contributed by atoms with van der Waals surface area (Å²) in [4.78, 5) is 0. The minimum atomic E-state index is -2.94. The fourth-order valence-electron chi connectivity index (χ4n) is 2.83. The first-order valence-electron chi connectivity index (χ1n) is 7.78. The molecule has 1 N–H and O–H groups in total. The number of aromatic nitrogens is 4. The van der Waals surface area contributed by atoms with E-state index in [0.29, 0.717) is 21.0 Å². The molecule has 6 nitrogen and oxygen atoms in total. The summed E-state index contributed by atoms with van der Waals surface area (Å²) < 4.78 is 32.6. The van der Waals surface area contributed by atoms with Gasteiger partial charge in [0.2, 0.25) is 5.95 Å². The number of hydrogen-bond acceptors (Lipinski definition) is 5. The molecule has 27 heavy (non-hydrogen) atoms. The van der Waals surface area contributed by atoms with Crippen LogP contribution in [0.15, 0.2) is 53.0 Å². The molecule has 1 aromatic heterocycles. The molecule has 0 aliphatic carbocycles. The molecular formula is C17H11BrClF2N5O. The number of tetrazole rings is 1. The van der Waals surface area contributed by atoms with Crippen molar-refractivity contribution in [2.24, 2.45) is 0 Å². The Balaban J connectivity index is 1.83. The smallest absolute Gasteiger partial charge is 0.387 e. The second-order valence-electron chi connectivity index (χ2n) is 5.66. The van der Waals surface area contributed by atoms with Gasteiger partial charge >= 0.3 is 6.61 Å². The highest BCUT2D eigenvalue weighted by Crippen LogP contribution is 2.37. The number of allylic oxidation sites excluding steroid dienone is 1. The molecular weight excluding hydrogens is 444 g/mol. The Morgan fingerprint density at radius 1 is 1.19 bits per heavy atom. The molecule has 10 heteroatoms. The van der Waals surface area contributed by atoms with Gasteiger partial charge < -0.3 is 10.1 Å². The number of halogens is 4. The van der Waals surface area contributed by atoms with Crippen LogP contribution in [0.2, 0.25) is 5.02 Å². The van der Waals surface area contributed by atoms with Crippen LogP contribution in [0.4, 0.5) is 14.7 Å². The monoisotopic (exact) mass is 453 g/mol. The number of rotatable bonds is 4. The Morgan fingerprint density at radius 3 is 2.70 bits per heavy atom. The third kappa shape index (κ3) is 3.65. The molecule has 1 aliphatic heterocycles. The molecule has 1 aliphatic rings. The number of hydrogen-bond donors (Lipinski definition) is 1. The van der Waals surface area contributed by atoms with E-state index in [1.54, 1.807) is 24.3 Å². The second kappa shape index (κ2) is 7.24. The first-order chi connectivity index (χ1) is 13.0. The Labute approximate surface area is 165 Å². The van der Waals surface area contributed by atoms with Crippen molar-refractivity contribution in [3.63, 3.8) is 0 Å². The van der Waals surface area contributed by atoms with Crippen molar-refractivity contribution >= 4 is 39.2 Å². The number of alkyl halides is 2. The Kier molecular flexibility index (Phi) is 4.79.